The van der Waals surface area contributed by atoms with Crippen LogP contribution in [0.2, 0.25) is 0 Å². The van der Waals surface area contributed by atoms with Crippen molar-refractivity contribution in [3.8, 4) is 0 Å². The van der Waals surface area contributed by atoms with E-state index in [9.17, 15) is 12.8 Å². The van der Waals surface area contributed by atoms with Crippen LogP contribution in [0.1, 0.15) is 5.56 Å². The summed E-state index contributed by atoms with van der Waals surface area (Å²) in [6.07, 6.45) is 0. The van der Waals surface area contributed by atoms with Gasteiger partial charge in [0.05, 0.1) is 4.90 Å². The van der Waals surface area contributed by atoms with Crippen LogP contribution in [0, 0.1) is 18.7 Å². The van der Waals surface area contributed by atoms with Gasteiger partial charge in [0.2, 0.25) is 10.0 Å². The predicted molar refractivity (Wildman–Crippen MR) is 84.8 cm³/mol. The second kappa shape index (κ2) is 6.62. The normalized spacial score (nSPS) is 23.4. The highest BCUT2D eigenvalue weighted by molar-refractivity contribution is 7.89. The third kappa shape index (κ3) is 4.04. The van der Waals surface area contributed by atoms with E-state index in [-0.39, 0.29) is 16.9 Å². The topological polar surface area (TPSA) is 52.7 Å². The third-order valence-electron chi connectivity index (χ3n) is 3.98. The van der Waals surface area contributed by atoms with Crippen molar-refractivity contribution in [1.82, 2.24) is 14.5 Å². The fraction of sp³-hybridized carbons (Fsp3) is 0.600. The van der Waals surface area contributed by atoms with Gasteiger partial charge in [-0.25, -0.2) is 17.5 Å². The van der Waals surface area contributed by atoms with Crippen molar-refractivity contribution in [2.75, 3.05) is 40.8 Å². The predicted octanol–water partition coefficient (Wildman–Crippen LogP) is 0.904. The maximum absolute atomic E-state index is 13.6. The number of aryl methyl sites for hydroxylation is 1. The number of likely N-dealkylation sites (tertiary alicyclic amines) is 1. The zero-order valence-corrected chi connectivity index (χ0v) is 14.3. The molecule has 1 aliphatic rings. The van der Waals surface area contributed by atoms with E-state index < -0.39 is 15.8 Å². The average Bonchev–Trinajstić information content (AvgIpc) is 2.71. The van der Waals surface area contributed by atoms with Crippen LogP contribution < -0.4 is 4.72 Å². The van der Waals surface area contributed by atoms with Crippen molar-refractivity contribution >= 4 is 10.0 Å². The largest absolute Gasteiger partial charge is 0.309 e. The molecule has 1 heterocycles. The van der Waals surface area contributed by atoms with Gasteiger partial charge < -0.3 is 9.80 Å². The highest BCUT2D eigenvalue weighted by atomic mass is 32.2. The molecular formula is C15H24FN3O2S. The zero-order chi connectivity index (χ0) is 16.5. The Morgan fingerprint density at radius 1 is 1.36 bits per heavy atom. The molecule has 0 radical (unpaired) electrons. The maximum Gasteiger partial charge on any atom is 0.240 e. The molecule has 0 aromatic heterocycles. The molecule has 2 rings (SSSR count). The van der Waals surface area contributed by atoms with Gasteiger partial charge in [-0.2, -0.15) is 0 Å². The summed E-state index contributed by atoms with van der Waals surface area (Å²) in [5.74, 6) is -0.290. The number of halogens is 1. The Balaban J connectivity index is 2.18. The van der Waals surface area contributed by atoms with Gasteiger partial charge in [-0.3, -0.25) is 0 Å². The molecule has 2 atom stereocenters. The second-order valence-electron chi connectivity index (χ2n) is 6.38. The van der Waals surface area contributed by atoms with E-state index in [0.29, 0.717) is 12.1 Å². The fourth-order valence-electron chi connectivity index (χ4n) is 2.88. The molecule has 0 bridgehead atoms. The molecule has 124 valence electrons. The Kier molecular flexibility index (Phi) is 5.21. The number of nitrogens with zero attached hydrogens (tertiary/aromatic N) is 2. The first-order chi connectivity index (χ1) is 10.2. The molecule has 1 aromatic rings. The van der Waals surface area contributed by atoms with Crippen molar-refractivity contribution in [2.45, 2.75) is 17.9 Å². The van der Waals surface area contributed by atoms with Gasteiger partial charge in [0.25, 0.3) is 0 Å². The van der Waals surface area contributed by atoms with E-state index in [1.54, 1.807) is 6.92 Å². The van der Waals surface area contributed by atoms with Crippen molar-refractivity contribution < 1.29 is 12.8 Å². The van der Waals surface area contributed by atoms with E-state index >= 15 is 0 Å². The summed E-state index contributed by atoms with van der Waals surface area (Å²) < 4.78 is 41.3. The lowest BCUT2D eigenvalue weighted by Crippen LogP contribution is -2.43. The van der Waals surface area contributed by atoms with Gasteiger partial charge in [0, 0.05) is 31.6 Å². The SMILES string of the molecule is Cc1ccc(S(=O)(=O)N[C@@H]2CN(C)C[C@H]2CN(C)C)cc1F. The van der Waals surface area contributed by atoms with Crippen LogP contribution in [-0.4, -0.2) is 65.0 Å². The molecule has 1 aliphatic heterocycles. The Morgan fingerprint density at radius 3 is 2.64 bits per heavy atom. The lowest BCUT2D eigenvalue weighted by Gasteiger charge is -2.23. The molecule has 22 heavy (non-hydrogen) atoms. The van der Waals surface area contributed by atoms with Crippen LogP contribution in [0.5, 0.6) is 0 Å². The molecule has 7 heteroatoms. The zero-order valence-electron chi connectivity index (χ0n) is 13.5. The van der Waals surface area contributed by atoms with E-state index in [2.05, 4.69) is 14.5 Å². The minimum absolute atomic E-state index is 0.0197. The Bertz CT molecular complexity index is 634. The van der Waals surface area contributed by atoms with Crippen LogP contribution in [-0.2, 0) is 10.0 Å². The summed E-state index contributed by atoms with van der Waals surface area (Å²) in [6, 6.07) is 3.85. The maximum atomic E-state index is 13.6. The molecule has 1 fully saturated rings. The molecule has 0 aliphatic carbocycles. The fourth-order valence-corrected chi connectivity index (χ4v) is 4.19. The van der Waals surface area contributed by atoms with Crippen molar-refractivity contribution in [2.24, 2.45) is 5.92 Å². The summed E-state index contributed by atoms with van der Waals surface area (Å²) in [6.45, 7) is 3.91. The number of benzene rings is 1. The first-order valence-electron chi connectivity index (χ1n) is 7.31. The first-order valence-corrected chi connectivity index (χ1v) is 8.79. The molecule has 5 nitrogen and oxygen atoms in total. The van der Waals surface area contributed by atoms with Gasteiger partial charge in [-0.15, -0.1) is 0 Å². The Labute approximate surface area is 132 Å². The molecule has 0 spiro atoms. The standard InChI is InChI=1S/C15H24FN3O2S/c1-11-5-6-13(7-14(11)16)22(20,21)17-15-10-19(4)9-12(15)8-18(2)3/h5-7,12,15,17H,8-10H2,1-4H3/t12-,15-/m1/s1. The van der Waals surface area contributed by atoms with Crippen LogP contribution in [0.4, 0.5) is 4.39 Å². The average molecular weight is 329 g/mol. The number of hydrogen-bond donors (Lipinski definition) is 1. The first kappa shape index (κ1) is 17.3. The van der Waals surface area contributed by atoms with Crippen molar-refractivity contribution in [3.63, 3.8) is 0 Å². The van der Waals surface area contributed by atoms with E-state index in [1.165, 1.54) is 12.1 Å². The monoisotopic (exact) mass is 329 g/mol. The molecule has 1 saturated heterocycles. The van der Waals surface area contributed by atoms with Gasteiger partial charge >= 0.3 is 0 Å². The lowest BCUT2D eigenvalue weighted by molar-refractivity contribution is 0.304. The Morgan fingerprint density at radius 2 is 2.05 bits per heavy atom. The number of rotatable bonds is 5. The van der Waals surface area contributed by atoms with Gasteiger partial charge in [-0.05, 0) is 45.8 Å². The number of likely N-dealkylation sites (N-methyl/N-ethyl adjacent to an activating group) is 1. The second-order valence-corrected chi connectivity index (χ2v) is 8.10. The quantitative estimate of drug-likeness (QED) is 0.872. The number of hydrogen-bond acceptors (Lipinski definition) is 4. The third-order valence-corrected chi connectivity index (χ3v) is 5.47. The van der Waals surface area contributed by atoms with Gasteiger partial charge in [0.15, 0.2) is 0 Å². The molecule has 0 unspecified atom stereocenters. The van der Waals surface area contributed by atoms with Crippen LogP contribution in [0.25, 0.3) is 0 Å². The number of nitrogens with one attached hydrogen (secondary N) is 1. The van der Waals surface area contributed by atoms with E-state index in [1.807, 2.05) is 21.1 Å². The molecular weight excluding hydrogens is 305 g/mol. The summed E-state index contributed by atoms with van der Waals surface area (Å²) in [4.78, 5) is 4.14. The highest BCUT2D eigenvalue weighted by Gasteiger charge is 2.34. The minimum atomic E-state index is -3.71. The molecule has 1 aromatic carbocycles. The van der Waals surface area contributed by atoms with E-state index in [0.717, 1.165) is 19.2 Å². The smallest absolute Gasteiger partial charge is 0.240 e. The van der Waals surface area contributed by atoms with Crippen LogP contribution in [0.15, 0.2) is 23.1 Å². The van der Waals surface area contributed by atoms with Crippen LogP contribution in [0.3, 0.4) is 0 Å². The number of sulfonamides is 1. The summed E-state index contributed by atoms with van der Waals surface area (Å²) in [5, 5.41) is 0. The van der Waals surface area contributed by atoms with Gasteiger partial charge in [0.1, 0.15) is 5.82 Å². The van der Waals surface area contributed by atoms with Crippen molar-refractivity contribution in [3.05, 3.63) is 29.6 Å². The highest BCUT2D eigenvalue weighted by Crippen LogP contribution is 2.20. The molecule has 1 N–H and O–H groups in total. The molecule has 0 amide bonds. The van der Waals surface area contributed by atoms with Gasteiger partial charge in [-0.1, -0.05) is 6.07 Å². The summed E-state index contributed by atoms with van der Waals surface area (Å²) in [7, 11) is 2.21. The molecule has 0 saturated carbocycles. The summed E-state index contributed by atoms with van der Waals surface area (Å²) in [5.41, 5.74) is 0.435. The Hall–Kier alpha value is -1.02. The summed E-state index contributed by atoms with van der Waals surface area (Å²) >= 11 is 0. The minimum Gasteiger partial charge on any atom is -0.309 e. The van der Waals surface area contributed by atoms with E-state index in [4.69, 9.17) is 0 Å². The van der Waals surface area contributed by atoms with Crippen LogP contribution >= 0.6 is 0 Å². The van der Waals surface area contributed by atoms with Crippen molar-refractivity contribution in [1.29, 1.82) is 0 Å². The lowest BCUT2D eigenvalue weighted by atomic mass is 10.0.